The third-order valence-electron chi connectivity index (χ3n) is 3.92. The summed E-state index contributed by atoms with van der Waals surface area (Å²) < 4.78 is 5.42. The Balaban J connectivity index is 1.92. The van der Waals surface area contributed by atoms with Gasteiger partial charge in [0.15, 0.2) is 0 Å². The fourth-order valence-corrected chi connectivity index (χ4v) is 2.77. The van der Waals surface area contributed by atoms with E-state index < -0.39 is 0 Å². The molecule has 0 bridgehead atoms. The summed E-state index contributed by atoms with van der Waals surface area (Å²) >= 11 is 0. The molecule has 120 valence electrons. The van der Waals surface area contributed by atoms with Crippen LogP contribution in [0.3, 0.4) is 0 Å². The Morgan fingerprint density at radius 2 is 2.05 bits per heavy atom. The summed E-state index contributed by atoms with van der Waals surface area (Å²) in [4.78, 5) is 14.3. The Labute approximate surface area is 133 Å². The predicted molar refractivity (Wildman–Crippen MR) is 88.5 cm³/mol. The van der Waals surface area contributed by atoms with Crippen LogP contribution in [0.1, 0.15) is 18.4 Å². The molecule has 0 unspecified atom stereocenters. The van der Waals surface area contributed by atoms with Crippen molar-refractivity contribution >= 4 is 5.91 Å². The standard InChI is InChI=1S/C18H26N2O2/c1-2-10-19-18(21)15-20(13-16-6-4-3-5-7-16)14-17-8-11-22-12-9-17/h2-7,17H,1,8-15H2,(H,19,21). The lowest BCUT2D eigenvalue weighted by atomic mass is 9.99. The quantitative estimate of drug-likeness (QED) is 0.749. The molecule has 1 aliphatic heterocycles. The molecule has 4 nitrogen and oxygen atoms in total. The van der Waals surface area contributed by atoms with Crippen LogP contribution in [0.15, 0.2) is 43.0 Å². The number of carbonyl (C=O) groups is 1. The molecule has 1 heterocycles. The number of hydrogen-bond donors (Lipinski definition) is 1. The first kappa shape index (κ1) is 16.7. The molecule has 0 aromatic heterocycles. The maximum Gasteiger partial charge on any atom is 0.234 e. The second-order valence-electron chi connectivity index (χ2n) is 5.80. The van der Waals surface area contributed by atoms with Gasteiger partial charge in [0.2, 0.25) is 5.91 Å². The van der Waals surface area contributed by atoms with E-state index in [4.69, 9.17) is 4.74 Å². The van der Waals surface area contributed by atoms with E-state index in [1.165, 1.54) is 5.56 Å². The molecule has 4 heteroatoms. The van der Waals surface area contributed by atoms with Crippen LogP contribution in [0, 0.1) is 5.92 Å². The Kier molecular flexibility index (Phi) is 7.13. The largest absolute Gasteiger partial charge is 0.381 e. The first-order chi connectivity index (χ1) is 10.8. The summed E-state index contributed by atoms with van der Waals surface area (Å²) in [6, 6.07) is 10.3. The molecule has 0 atom stereocenters. The second-order valence-corrected chi connectivity index (χ2v) is 5.80. The predicted octanol–water partition coefficient (Wildman–Crippen LogP) is 2.22. The molecule has 0 saturated carbocycles. The highest BCUT2D eigenvalue weighted by molar-refractivity contribution is 5.78. The summed E-state index contributed by atoms with van der Waals surface area (Å²) in [6.45, 7) is 8.01. The number of ether oxygens (including phenoxy) is 1. The maximum absolute atomic E-state index is 12.0. The van der Waals surface area contributed by atoms with Crippen LogP contribution in [0.2, 0.25) is 0 Å². The molecule has 1 aromatic carbocycles. The molecule has 1 aromatic rings. The molecule has 0 spiro atoms. The van der Waals surface area contributed by atoms with Crippen LogP contribution in [-0.4, -0.2) is 43.7 Å². The molecule has 1 amide bonds. The van der Waals surface area contributed by atoms with Gasteiger partial charge in [-0.05, 0) is 24.3 Å². The van der Waals surface area contributed by atoms with E-state index in [1.807, 2.05) is 18.2 Å². The minimum Gasteiger partial charge on any atom is -0.381 e. The monoisotopic (exact) mass is 302 g/mol. The molecule has 2 rings (SSSR count). The van der Waals surface area contributed by atoms with E-state index in [2.05, 4.69) is 28.9 Å². The van der Waals surface area contributed by atoms with E-state index >= 15 is 0 Å². The zero-order valence-corrected chi connectivity index (χ0v) is 13.2. The normalized spacial score (nSPS) is 15.7. The summed E-state index contributed by atoms with van der Waals surface area (Å²) in [5.74, 6) is 0.674. The Hall–Kier alpha value is -1.65. The topological polar surface area (TPSA) is 41.6 Å². The van der Waals surface area contributed by atoms with Crippen molar-refractivity contribution in [3.8, 4) is 0 Å². The van der Waals surface area contributed by atoms with Gasteiger partial charge in [-0.25, -0.2) is 0 Å². The number of benzene rings is 1. The summed E-state index contributed by atoms with van der Waals surface area (Å²) in [5.41, 5.74) is 1.24. The molecule has 1 fully saturated rings. The fourth-order valence-electron chi connectivity index (χ4n) is 2.77. The van der Waals surface area contributed by atoms with Crippen molar-refractivity contribution in [1.29, 1.82) is 0 Å². The number of rotatable bonds is 8. The molecule has 0 aliphatic carbocycles. The summed E-state index contributed by atoms with van der Waals surface area (Å²) in [5, 5.41) is 2.86. The van der Waals surface area contributed by atoms with Crippen molar-refractivity contribution in [3.05, 3.63) is 48.6 Å². The first-order valence-corrected chi connectivity index (χ1v) is 7.99. The zero-order chi connectivity index (χ0) is 15.6. The Morgan fingerprint density at radius 1 is 1.32 bits per heavy atom. The summed E-state index contributed by atoms with van der Waals surface area (Å²) in [7, 11) is 0. The highest BCUT2D eigenvalue weighted by atomic mass is 16.5. The smallest absolute Gasteiger partial charge is 0.234 e. The molecule has 1 N–H and O–H groups in total. The highest BCUT2D eigenvalue weighted by Gasteiger charge is 2.19. The van der Waals surface area contributed by atoms with Gasteiger partial charge in [0.05, 0.1) is 6.54 Å². The minimum atomic E-state index is 0.0582. The lowest BCUT2D eigenvalue weighted by Gasteiger charge is -2.29. The van der Waals surface area contributed by atoms with E-state index in [9.17, 15) is 4.79 Å². The SMILES string of the molecule is C=CCNC(=O)CN(Cc1ccccc1)CC1CCOCC1. The van der Waals surface area contributed by atoms with Gasteiger partial charge in [-0.2, -0.15) is 0 Å². The van der Waals surface area contributed by atoms with E-state index in [0.717, 1.165) is 39.1 Å². The Morgan fingerprint density at radius 3 is 2.73 bits per heavy atom. The van der Waals surface area contributed by atoms with Crippen molar-refractivity contribution in [1.82, 2.24) is 10.2 Å². The maximum atomic E-state index is 12.0. The van der Waals surface area contributed by atoms with Gasteiger partial charge in [0, 0.05) is 32.8 Å². The highest BCUT2D eigenvalue weighted by Crippen LogP contribution is 2.17. The van der Waals surface area contributed by atoms with E-state index in [-0.39, 0.29) is 5.91 Å². The molecular weight excluding hydrogens is 276 g/mol. The molecule has 0 radical (unpaired) electrons. The number of hydrogen-bond acceptors (Lipinski definition) is 3. The summed E-state index contributed by atoms with van der Waals surface area (Å²) in [6.07, 6.45) is 3.87. The third-order valence-corrected chi connectivity index (χ3v) is 3.92. The van der Waals surface area contributed by atoms with Gasteiger partial charge in [0.25, 0.3) is 0 Å². The van der Waals surface area contributed by atoms with Crippen molar-refractivity contribution < 1.29 is 9.53 Å². The van der Waals surface area contributed by atoms with Crippen molar-refractivity contribution in [2.45, 2.75) is 19.4 Å². The number of nitrogens with zero attached hydrogens (tertiary/aromatic N) is 1. The van der Waals surface area contributed by atoms with Crippen LogP contribution >= 0.6 is 0 Å². The number of amides is 1. The molecular formula is C18H26N2O2. The number of carbonyl (C=O) groups excluding carboxylic acids is 1. The third kappa shape index (κ3) is 6.00. The zero-order valence-electron chi connectivity index (χ0n) is 13.2. The molecule has 1 saturated heterocycles. The van der Waals surface area contributed by atoms with Gasteiger partial charge in [-0.3, -0.25) is 9.69 Å². The first-order valence-electron chi connectivity index (χ1n) is 7.99. The minimum absolute atomic E-state index is 0.0582. The molecule has 22 heavy (non-hydrogen) atoms. The Bertz CT molecular complexity index is 455. The fraction of sp³-hybridized carbons (Fsp3) is 0.500. The lowest BCUT2D eigenvalue weighted by Crippen LogP contribution is -2.40. The van der Waals surface area contributed by atoms with Gasteiger partial charge in [-0.1, -0.05) is 36.4 Å². The van der Waals surface area contributed by atoms with Crippen LogP contribution in [0.25, 0.3) is 0 Å². The van der Waals surface area contributed by atoms with E-state index in [0.29, 0.717) is 19.0 Å². The van der Waals surface area contributed by atoms with Crippen molar-refractivity contribution in [2.75, 3.05) is 32.8 Å². The van der Waals surface area contributed by atoms with Crippen LogP contribution in [-0.2, 0) is 16.1 Å². The average molecular weight is 302 g/mol. The van der Waals surface area contributed by atoms with Crippen LogP contribution < -0.4 is 5.32 Å². The van der Waals surface area contributed by atoms with Crippen molar-refractivity contribution in [2.24, 2.45) is 5.92 Å². The van der Waals surface area contributed by atoms with Gasteiger partial charge < -0.3 is 10.1 Å². The lowest BCUT2D eigenvalue weighted by molar-refractivity contribution is -0.122. The van der Waals surface area contributed by atoms with Crippen LogP contribution in [0.5, 0.6) is 0 Å². The number of nitrogens with one attached hydrogen (secondary N) is 1. The van der Waals surface area contributed by atoms with E-state index in [1.54, 1.807) is 6.08 Å². The van der Waals surface area contributed by atoms with Gasteiger partial charge in [-0.15, -0.1) is 6.58 Å². The molecule has 1 aliphatic rings. The van der Waals surface area contributed by atoms with Gasteiger partial charge >= 0.3 is 0 Å². The van der Waals surface area contributed by atoms with Gasteiger partial charge in [0.1, 0.15) is 0 Å². The van der Waals surface area contributed by atoms with Crippen LogP contribution in [0.4, 0.5) is 0 Å². The average Bonchev–Trinajstić information content (AvgIpc) is 2.55. The second kappa shape index (κ2) is 9.38. The van der Waals surface area contributed by atoms with Crippen molar-refractivity contribution in [3.63, 3.8) is 0 Å².